The van der Waals surface area contributed by atoms with E-state index in [-0.39, 0.29) is 18.2 Å². The van der Waals surface area contributed by atoms with Crippen molar-refractivity contribution in [2.24, 2.45) is 0 Å². The van der Waals surface area contributed by atoms with Crippen molar-refractivity contribution in [1.82, 2.24) is 5.32 Å². The van der Waals surface area contributed by atoms with Gasteiger partial charge in [0.1, 0.15) is 5.54 Å². The van der Waals surface area contributed by atoms with Crippen molar-refractivity contribution in [2.75, 3.05) is 0 Å². The summed E-state index contributed by atoms with van der Waals surface area (Å²) in [6.45, 7) is 3.29. The number of carboxylic acid groups (broad SMARTS) is 1. The molecule has 24 heavy (non-hydrogen) atoms. The Morgan fingerprint density at radius 2 is 1.46 bits per heavy atom. The Morgan fingerprint density at radius 3 is 1.83 bits per heavy atom. The maximum absolute atomic E-state index is 12.5. The monoisotopic (exact) mass is 325 g/mol. The summed E-state index contributed by atoms with van der Waals surface area (Å²) in [5, 5.41) is 12.0. The maximum atomic E-state index is 12.5. The van der Waals surface area contributed by atoms with Gasteiger partial charge in [-0.05, 0) is 24.5 Å². The molecule has 0 fully saturated rings. The lowest BCUT2D eigenvalue weighted by molar-refractivity contribution is -0.147. The van der Waals surface area contributed by atoms with E-state index in [1.165, 1.54) is 6.92 Å². The number of aliphatic carboxylic acids is 1. The average Bonchev–Trinajstić information content (AvgIpc) is 2.61. The Hall–Kier alpha value is -2.62. The molecule has 4 nitrogen and oxygen atoms in total. The molecule has 0 aliphatic carbocycles. The third-order valence-electron chi connectivity index (χ3n) is 4.39. The second kappa shape index (κ2) is 7.77. The van der Waals surface area contributed by atoms with Gasteiger partial charge in [0, 0.05) is 12.3 Å². The van der Waals surface area contributed by atoms with Gasteiger partial charge in [-0.25, -0.2) is 4.79 Å². The number of hydrogen-bond donors (Lipinski definition) is 2. The van der Waals surface area contributed by atoms with Gasteiger partial charge in [0.15, 0.2) is 0 Å². The van der Waals surface area contributed by atoms with Crippen molar-refractivity contribution in [1.29, 1.82) is 0 Å². The molecule has 1 amide bonds. The minimum absolute atomic E-state index is 0.109. The molecule has 0 aromatic heterocycles. The van der Waals surface area contributed by atoms with E-state index in [1.807, 2.05) is 60.7 Å². The normalized spacial score (nSPS) is 13.3. The third kappa shape index (κ3) is 4.22. The van der Waals surface area contributed by atoms with Crippen molar-refractivity contribution in [3.63, 3.8) is 0 Å². The van der Waals surface area contributed by atoms with E-state index in [2.05, 4.69) is 5.32 Å². The number of benzene rings is 2. The standard InChI is InChI=1S/C20H23NO3/c1-3-20(2,19(23)24)21-18(22)14-17(15-10-6-4-7-11-15)16-12-8-5-9-13-16/h4-13,17H,3,14H2,1-2H3,(H,21,22)(H,23,24). The molecule has 0 aliphatic heterocycles. The molecule has 0 bridgehead atoms. The zero-order valence-corrected chi connectivity index (χ0v) is 14.0. The summed E-state index contributed by atoms with van der Waals surface area (Å²) in [4.78, 5) is 23.9. The molecule has 1 atom stereocenters. The molecule has 1 unspecified atom stereocenters. The minimum atomic E-state index is -1.24. The van der Waals surface area contributed by atoms with Gasteiger partial charge < -0.3 is 10.4 Å². The zero-order valence-electron chi connectivity index (χ0n) is 14.0. The molecule has 0 saturated heterocycles. The maximum Gasteiger partial charge on any atom is 0.329 e. The summed E-state index contributed by atoms with van der Waals surface area (Å²) in [5.41, 5.74) is 0.828. The number of carboxylic acids is 1. The smallest absolute Gasteiger partial charge is 0.329 e. The van der Waals surface area contributed by atoms with Gasteiger partial charge in [-0.2, -0.15) is 0 Å². The van der Waals surface area contributed by atoms with Crippen LogP contribution in [0.25, 0.3) is 0 Å². The molecular weight excluding hydrogens is 302 g/mol. The SMILES string of the molecule is CCC(C)(NC(=O)CC(c1ccccc1)c1ccccc1)C(=O)O. The van der Waals surface area contributed by atoms with Crippen molar-refractivity contribution in [3.8, 4) is 0 Å². The molecule has 0 aliphatic rings. The summed E-state index contributed by atoms with van der Waals surface area (Å²) in [5.74, 6) is -1.39. The predicted molar refractivity (Wildman–Crippen MR) is 93.8 cm³/mol. The lowest BCUT2D eigenvalue weighted by atomic mass is 9.87. The van der Waals surface area contributed by atoms with Crippen LogP contribution in [0.2, 0.25) is 0 Å². The van der Waals surface area contributed by atoms with Crippen LogP contribution in [0.1, 0.15) is 43.7 Å². The fourth-order valence-electron chi connectivity index (χ4n) is 2.64. The van der Waals surface area contributed by atoms with Crippen LogP contribution in [0.15, 0.2) is 60.7 Å². The zero-order chi connectivity index (χ0) is 17.6. The lowest BCUT2D eigenvalue weighted by Crippen LogP contribution is -2.51. The second-order valence-corrected chi connectivity index (χ2v) is 6.12. The van der Waals surface area contributed by atoms with E-state index in [4.69, 9.17) is 0 Å². The van der Waals surface area contributed by atoms with Gasteiger partial charge in [-0.1, -0.05) is 67.6 Å². The summed E-state index contributed by atoms with van der Waals surface area (Å²) < 4.78 is 0. The predicted octanol–water partition coefficient (Wildman–Crippen LogP) is 3.58. The Morgan fingerprint density at radius 1 is 1.00 bits per heavy atom. The van der Waals surface area contributed by atoms with E-state index in [1.54, 1.807) is 6.92 Å². The van der Waals surface area contributed by atoms with E-state index < -0.39 is 11.5 Å². The third-order valence-corrected chi connectivity index (χ3v) is 4.39. The summed E-state index contributed by atoms with van der Waals surface area (Å²) in [6.07, 6.45) is 0.534. The van der Waals surface area contributed by atoms with E-state index in [0.29, 0.717) is 6.42 Å². The van der Waals surface area contributed by atoms with Crippen LogP contribution in [-0.2, 0) is 9.59 Å². The molecule has 2 aromatic rings. The van der Waals surface area contributed by atoms with Gasteiger partial charge in [-0.15, -0.1) is 0 Å². The molecule has 126 valence electrons. The van der Waals surface area contributed by atoms with Gasteiger partial charge in [0.25, 0.3) is 0 Å². The molecular formula is C20H23NO3. The number of amides is 1. The van der Waals surface area contributed by atoms with Crippen molar-refractivity contribution >= 4 is 11.9 Å². The first kappa shape index (κ1) is 17.7. The molecule has 0 heterocycles. The van der Waals surface area contributed by atoms with Gasteiger partial charge >= 0.3 is 5.97 Å². The molecule has 2 aromatic carbocycles. The summed E-state index contributed by atoms with van der Waals surface area (Å²) in [6, 6.07) is 19.6. The Kier molecular flexibility index (Phi) is 5.74. The Bertz CT molecular complexity index is 645. The van der Waals surface area contributed by atoms with Crippen LogP contribution in [-0.4, -0.2) is 22.5 Å². The second-order valence-electron chi connectivity index (χ2n) is 6.12. The van der Waals surface area contributed by atoms with E-state index >= 15 is 0 Å². The van der Waals surface area contributed by atoms with E-state index in [9.17, 15) is 14.7 Å². The molecule has 0 spiro atoms. The highest BCUT2D eigenvalue weighted by molar-refractivity contribution is 5.87. The van der Waals surface area contributed by atoms with Crippen molar-refractivity contribution in [3.05, 3.63) is 71.8 Å². The van der Waals surface area contributed by atoms with Crippen molar-refractivity contribution < 1.29 is 14.7 Å². The average molecular weight is 325 g/mol. The van der Waals surface area contributed by atoms with E-state index in [0.717, 1.165) is 11.1 Å². The van der Waals surface area contributed by atoms with Crippen LogP contribution in [0, 0.1) is 0 Å². The first-order valence-electron chi connectivity index (χ1n) is 8.10. The number of carbonyl (C=O) groups excluding carboxylic acids is 1. The topological polar surface area (TPSA) is 66.4 Å². The van der Waals surface area contributed by atoms with Gasteiger partial charge in [0.2, 0.25) is 5.91 Å². The molecule has 0 radical (unpaired) electrons. The molecule has 2 rings (SSSR count). The Balaban J connectivity index is 2.23. The van der Waals surface area contributed by atoms with Gasteiger partial charge in [-0.3, -0.25) is 4.79 Å². The highest BCUT2D eigenvalue weighted by atomic mass is 16.4. The van der Waals surface area contributed by atoms with Crippen LogP contribution >= 0.6 is 0 Å². The minimum Gasteiger partial charge on any atom is -0.480 e. The number of nitrogens with one attached hydrogen (secondary N) is 1. The lowest BCUT2D eigenvalue weighted by Gasteiger charge is -2.26. The van der Waals surface area contributed by atoms with Gasteiger partial charge in [0.05, 0.1) is 0 Å². The molecule has 2 N–H and O–H groups in total. The highest BCUT2D eigenvalue weighted by Crippen LogP contribution is 2.28. The number of hydrogen-bond acceptors (Lipinski definition) is 2. The highest BCUT2D eigenvalue weighted by Gasteiger charge is 2.33. The molecule has 0 saturated carbocycles. The fraction of sp³-hybridized carbons (Fsp3) is 0.300. The quantitative estimate of drug-likeness (QED) is 0.818. The van der Waals surface area contributed by atoms with Crippen molar-refractivity contribution in [2.45, 2.75) is 38.1 Å². The largest absolute Gasteiger partial charge is 0.480 e. The summed E-state index contributed by atoms with van der Waals surface area (Å²) in [7, 11) is 0. The van der Waals surface area contributed by atoms with Crippen LogP contribution in [0.5, 0.6) is 0 Å². The fourth-order valence-corrected chi connectivity index (χ4v) is 2.64. The first-order chi connectivity index (χ1) is 11.5. The Labute approximate surface area is 142 Å². The molecule has 4 heteroatoms. The van der Waals surface area contributed by atoms with Crippen LogP contribution in [0.4, 0.5) is 0 Å². The van der Waals surface area contributed by atoms with Crippen LogP contribution in [0.3, 0.4) is 0 Å². The summed E-state index contributed by atoms with van der Waals surface area (Å²) >= 11 is 0. The number of carbonyl (C=O) groups is 2. The number of rotatable bonds is 7. The van der Waals surface area contributed by atoms with Crippen LogP contribution < -0.4 is 5.32 Å². The first-order valence-corrected chi connectivity index (χ1v) is 8.10.